The highest BCUT2D eigenvalue weighted by Crippen LogP contribution is 2.32. The quantitative estimate of drug-likeness (QED) is 0.801. The van der Waals surface area contributed by atoms with Crippen LogP contribution < -0.4 is 4.74 Å². The van der Waals surface area contributed by atoms with E-state index in [9.17, 15) is 9.90 Å². The van der Waals surface area contributed by atoms with Gasteiger partial charge in [-0.25, -0.2) is 4.79 Å². The molecule has 0 amide bonds. The zero-order valence-electron chi connectivity index (χ0n) is 8.36. The van der Waals surface area contributed by atoms with Crippen LogP contribution in [0.1, 0.15) is 11.7 Å². The Hall–Kier alpha value is -1.26. The summed E-state index contributed by atoms with van der Waals surface area (Å²) in [5, 5.41) is 9.94. The molecule has 15 heavy (non-hydrogen) atoms. The van der Waals surface area contributed by atoms with Crippen LogP contribution in [0.2, 0.25) is 5.02 Å². The summed E-state index contributed by atoms with van der Waals surface area (Å²) in [5.41, 5.74) is 0.289. The molecule has 0 aliphatic carbocycles. The normalized spacial score (nSPS) is 12.0. The minimum absolute atomic E-state index is 0.275. The fourth-order valence-electron chi connectivity index (χ4n) is 1.19. The summed E-state index contributed by atoms with van der Waals surface area (Å²) in [6, 6.07) is 4.77. The van der Waals surface area contributed by atoms with E-state index in [1.807, 2.05) is 0 Å². The smallest absolute Gasteiger partial charge is 0.339 e. The van der Waals surface area contributed by atoms with Crippen molar-refractivity contribution in [2.24, 2.45) is 0 Å². The molecule has 1 unspecified atom stereocenters. The molecule has 0 saturated carbocycles. The van der Waals surface area contributed by atoms with Crippen LogP contribution in [0.5, 0.6) is 5.75 Å². The van der Waals surface area contributed by atoms with Gasteiger partial charge in [-0.3, -0.25) is 0 Å². The van der Waals surface area contributed by atoms with Crippen LogP contribution in [0.4, 0.5) is 0 Å². The van der Waals surface area contributed by atoms with Crippen LogP contribution in [0, 0.1) is 0 Å². The Morgan fingerprint density at radius 2 is 2.13 bits per heavy atom. The molecule has 0 radical (unpaired) electrons. The summed E-state index contributed by atoms with van der Waals surface area (Å²) >= 11 is 5.83. The lowest BCUT2D eigenvalue weighted by molar-refractivity contribution is -0.150. The van der Waals surface area contributed by atoms with Gasteiger partial charge in [0.25, 0.3) is 0 Å². The molecule has 0 aromatic heterocycles. The number of carbonyl (C=O) groups excluding carboxylic acids is 1. The third-order valence-electron chi connectivity index (χ3n) is 1.92. The number of para-hydroxylation sites is 1. The number of halogens is 1. The number of benzene rings is 1. The van der Waals surface area contributed by atoms with Gasteiger partial charge < -0.3 is 14.6 Å². The summed E-state index contributed by atoms with van der Waals surface area (Å²) in [4.78, 5) is 11.1. The van der Waals surface area contributed by atoms with Crippen molar-refractivity contribution in [1.29, 1.82) is 0 Å². The van der Waals surface area contributed by atoms with Crippen LogP contribution in [0.15, 0.2) is 18.2 Å². The van der Waals surface area contributed by atoms with Crippen LogP contribution in [0.3, 0.4) is 0 Å². The molecule has 1 aromatic carbocycles. The van der Waals surface area contributed by atoms with Gasteiger partial charge in [0.05, 0.1) is 19.2 Å². The van der Waals surface area contributed by atoms with Crippen LogP contribution in [-0.2, 0) is 9.53 Å². The second kappa shape index (κ2) is 5.00. The van der Waals surface area contributed by atoms with Crippen LogP contribution in [-0.4, -0.2) is 25.3 Å². The molecule has 0 aliphatic rings. The molecular weight excluding hydrogens is 220 g/mol. The third-order valence-corrected chi connectivity index (χ3v) is 2.22. The predicted molar refractivity (Wildman–Crippen MR) is 55.0 cm³/mol. The van der Waals surface area contributed by atoms with Gasteiger partial charge in [0.15, 0.2) is 6.10 Å². The Bertz CT molecular complexity index is 364. The highest BCUT2D eigenvalue weighted by Gasteiger charge is 2.22. The zero-order chi connectivity index (χ0) is 11.4. The van der Waals surface area contributed by atoms with E-state index in [2.05, 4.69) is 4.74 Å². The lowest BCUT2D eigenvalue weighted by Crippen LogP contribution is -2.14. The fraction of sp³-hybridized carbons (Fsp3) is 0.300. The van der Waals surface area contributed by atoms with E-state index in [1.165, 1.54) is 14.2 Å². The lowest BCUT2D eigenvalue weighted by atomic mass is 10.1. The maximum Gasteiger partial charge on any atom is 0.339 e. The minimum atomic E-state index is -1.39. The first-order valence-corrected chi connectivity index (χ1v) is 4.58. The highest BCUT2D eigenvalue weighted by molar-refractivity contribution is 6.32. The predicted octanol–water partition coefficient (Wildman–Crippen LogP) is 1.55. The van der Waals surface area contributed by atoms with Crippen molar-refractivity contribution in [1.82, 2.24) is 0 Å². The average molecular weight is 231 g/mol. The Labute approximate surface area is 92.4 Å². The molecule has 1 rings (SSSR count). The molecule has 0 spiro atoms. The van der Waals surface area contributed by atoms with E-state index in [0.717, 1.165) is 0 Å². The van der Waals surface area contributed by atoms with Crippen molar-refractivity contribution < 1.29 is 19.4 Å². The largest absolute Gasteiger partial charge is 0.495 e. The van der Waals surface area contributed by atoms with E-state index in [-0.39, 0.29) is 11.3 Å². The number of aliphatic hydroxyl groups excluding tert-OH is 1. The number of methoxy groups -OCH3 is 2. The van der Waals surface area contributed by atoms with Crippen molar-refractivity contribution in [3.63, 3.8) is 0 Å². The Kier molecular flexibility index (Phi) is 3.94. The van der Waals surface area contributed by atoms with Crippen molar-refractivity contribution in [3.8, 4) is 5.75 Å². The Morgan fingerprint density at radius 3 is 2.67 bits per heavy atom. The topological polar surface area (TPSA) is 55.8 Å². The summed E-state index contributed by atoms with van der Waals surface area (Å²) in [6.07, 6.45) is -1.39. The number of aliphatic hydroxyl groups is 1. The molecular formula is C10H11ClO4. The third kappa shape index (κ3) is 2.40. The van der Waals surface area contributed by atoms with E-state index < -0.39 is 12.1 Å². The number of rotatable bonds is 3. The monoisotopic (exact) mass is 230 g/mol. The van der Waals surface area contributed by atoms with Gasteiger partial charge in [-0.1, -0.05) is 23.7 Å². The summed E-state index contributed by atoms with van der Waals surface area (Å²) in [7, 11) is 2.61. The molecule has 5 heteroatoms. The van der Waals surface area contributed by atoms with E-state index in [0.29, 0.717) is 5.02 Å². The number of carbonyl (C=O) groups is 1. The standard InChI is InChI=1S/C10H11ClO4/c1-14-9-6(4-3-5-7(9)11)8(12)10(13)15-2/h3-5,8,12H,1-2H3. The molecule has 82 valence electrons. The SMILES string of the molecule is COC(=O)C(O)c1cccc(Cl)c1OC. The molecule has 0 saturated heterocycles. The number of hydrogen-bond donors (Lipinski definition) is 1. The van der Waals surface area contributed by atoms with Gasteiger partial charge in [-0.2, -0.15) is 0 Å². The van der Waals surface area contributed by atoms with Crippen LogP contribution in [0.25, 0.3) is 0 Å². The lowest BCUT2D eigenvalue weighted by Gasteiger charge is -2.13. The summed E-state index contributed by atoms with van der Waals surface area (Å²) in [5.74, 6) is -0.479. The van der Waals surface area contributed by atoms with Gasteiger partial charge in [-0.05, 0) is 6.07 Å². The molecule has 4 nitrogen and oxygen atoms in total. The minimum Gasteiger partial charge on any atom is -0.495 e. The van der Waals surface area contributed by atoms with Gasteiger partial charge in [-0.15, -0.1) is 0 Å². The maximum atomic E-state index is 11.1. The molecule has 0 aliphatic heterocycles. The van der Waals surface area contributed by atoms with Crippen LogP contribution >= 0.6 is 11.6 Å². The van der Waals surface area contributed by atoms with E-state index in [4.69, 9.17) is 16.3 Å². The maximum absolute atomic E-state index is 11.1. The average Bonchev–Trinajstić information content (AvgIpc) is 2.26. The van der Waals surface area contributed by atoms with Crippen molar-refractivity contribution in [3.05, 3.63) is 28.8 Å². The number of hydrogen-bond acceptors (Lipinski definition) is 4. The molecule has 1 N–H and O–H groups in total. The van der Waals surface area contributed by atoms with Crippen molar-refractivity contribution in [2.75, 3.05) is 14.2 Å². The molecule has 1 aromatic rings. The van der Waals surface area contributed by atoms with Gasteiger partial charge in [0, 0.05) is 5.56 Å². The van der Waals surface area contributed by atoms with E-state index in [1.54, 1.807) is 18.2 Å². The van der Waals surface area contributed by atoms with Gasteiger partial charge in [0.2, 0.25) is 0 Å². The van der Waals surface area contributed by atoms with Crippen molar-refractivity contribution in [2.45, 2.75) is 6.10 Å². The summed E-state index contributed by atoms with van der Waals surface area (Å²) in [6.45, 7) is 0. The first-order chi connectivity index (χ1) is 7.11. The first-order valence-electron chi connectivity index (χ1n) is 4.20. The second-order valence-corrected chi connectivity index (χ2v) is 3.20. The van der Waals surface area contributed by atoms with E-state index >= 15 is 0 Å². The zero-order valence-corrected chi connectivity index (χ0v) is 9.12. The van der Waals surface area contributed by atoms with Crippen molar-refractivity contribution >= 4 is 17.6 Å². The molecule has 0 bridgehead atoms. The molecule has 1 atom stereocenters. The highest BCUT2D eigenvalue weighted by atomic mass is 35.5. The molecule has 0 heterocycles. The fourth-order valence-corrected chi connectivity index (χ4v) is 1.45. The second-order valence-electron chi connectivity index (χ2n) is 2.79. The Balaban J connectivity index is 3.13. The van der Waals surface area contributed by atoms with Gasteiger partial charge >= 0.3 is 5.97 Å². The summed E-state index contributed by atoms with van der Waals surface area (Å²) < 4.78 is 9.41. The Morgan fingerprint density at radius 1 is 1.47 bits per heavy atom. The number of ether oxygens (including phenoxy) is 2. The number of esters is 1. The first kappa shape index (κ1) is 11.8. The van der Waals surface area contributed by atoms with Gasteiger partial charge in [0.1, 0.15) is 5.75 Å². The molecule has 0 fully saturated rings.